The summed E-state index contributed by atoms with van der Waals surface area (Å²) in [5.41, 5.74) is -2.88. The Bertz CT molecular complexity index is 913. The first-order valence-electron chi connectivity index (χ1n) is 8.45. The molecular formula is C19H15BrN4O2. The summed E-state index contributed by atoms with van der Waals surface area (Å²) in [5.74, 6) is -1.92. The second-order valence-corrected chi connectivity index (χ2v) is 7.96. The number of nitrogens with one attached hydrogen (secondary N) is 1. The zero-order valence-corrected chi connectivity index (χ0v) is 15.4. The van der Waals surface area contributed by atoms with Crippen molar-refractivity contribution in [3.05, 3.63) is 34.3 Å². The Hall–Kier alpha value is -2.40. The number of nitriles is 3. The molecule has 130 valence electrons. The second kappa shape index (κ2) is 5.55. The molecule has 2 aliphatic heterocycles. The number of nitrogens with zero attached hydrogens (tertiary/aromatic N) is 3. The van der Waals surface area contributed by atoms with Crippen LogP contribution in [0.4, 0.5) is 0 Å². The Morgan fingerprint density at radius 2 is 1.92 bits per heavy atom. The van der Waals surface area contributed by atoms with Gasteiger partial charge in [-0.15, -0.1) is 0 Å². The van der Waals surface area contributed by atoms with Crippen LogP contribution in [0.3, 0.4) is 0 Å². The molecule has 7 heteroatoms. The number of ether oxygens (including phenoxy) is 2. The molecule has 2 heterocycles. The lowest BCUT2D eigenvalue weighted by Crippen LogP contribution is -2.60. The van der Waals surface area contributed by atoms with Crippen molar-refractivity contribution in [3.63, 3.8) is 0 Å². The predicted molar refractivity (Wildman–Crippen MR) is 93.2 cm³/mol. The van der Waals surface area contributed by atoms with Crippen molar-refractivity contribution >= 4 is 21.8 Å². The lowest BCUT2D eigenvalue weighted by molar-refractivity contribution is -0.294. The highest BCUT2D eigenvalue weighted by molar-refractivity contribution is 9.10. The maximum absolute atomic E-state index is 10.2. The Morgan fingerprint density at radius 3 is 2.58 bits per heavy atom. The molecule has 6 nitrogen and oxygen atoms in total. The van der Waals surface area contributed by atoms with Crippen LogP contribution in [0.1, 0.15) is 37.4 Å². The number of halogens is 1. The Labute approximate surface area is 159 Å². The summed E-state index contributed by atoms with van der Waals surface area (Å²) in [6, 6.07) is 13.5. The van der Waals surface area contributed by atoms with E-state index in [1.54, 1.807) is 18.2 Å². The third kappa shape index (κ3) is 1.79. The Kier molecular flexibility index (Phi) is 3.63. The fraction of sp³-hybridized carbons (Fsp3) is 0.474. The van der Waals surface area contributed by atoms with E-state index in [2.05, 4.69) is 34.1 Å². The summed E-state index contributed by atoms with van der Waals surface area (Å²) in [5, 5.41) is 38.8. The van der Waals surface area contributed by atoms with Crippen molar-refractivity contribution in [3.8, 4) is 18.2 Å². The molecule has 1 aromatic carbocycles. The van der Waals surface area contributed by atoms with E-state index in [4.69, 9.17) is 14.9 Å². The molecule has 4 atom stereocenters. The molecule has 1 saturated carbocycles. The van der Waals surface area contributed by atoms with E-state index in [0.29, 0.717) is 18.4 Å². The fourth-order valence-electron chi connectivity index (χ4n) is 4.83. The second-order valence-electron chi connectivity index (χ2n) is 7.05. The number of hydrogen-bond donors (Lipinski definition) is 1. The minimum Gasteiger partial charge on any atom is -0.447 e. The van der Waals surface area contributed by atoms with Crippen LogP contribution in [-0.4, -0.2) is 11.7 Å². The van der Waals surface area contributed by atoms with Gasteiger partial charge in [-0.2, -0.15) is 15.8 Å². The van der Waals surface area contributed by atoms with Crippen molar-refractivity contribution in [1.29, 1.82) is 21.2 Å². The molecule has 4 rings (SSSR count). The minimum atomic E-state index is -1.86. The van der Waals surface area contributed by atoms with Gasteiger partial charge in [-0.25, -0.2) is 0 Å². The predicted octanol–water partition coefficient (Wildman–Crippen LogP) is 3.96. The van der Waals surface area contributed by atoms with Crippen molar-refractivity contribution < 1.29 is 9.47 Å². The standard InChI is InChI=1S/C19H15BrN4O2/c20-13-5-3-4-12(8-13)15-17(9-21,10-22)18(11-23)14-6-1-2-7-19(14,25-15)26-16(18)24/h3-5,8,14-15,24H,1-2,6-7H2/t14-,15-,18-,19+/m0/s1. The number of benzene rings is 1. The molecule has 0 aromatic heterocycles. The third-order valence-electron chi connectivity index (χ3n) is 5.97. The van der Waals surface area contributed by atoms with E-state index in [1.807, 2.05) is 6.07 Å². The lowest BCUT2D eigenvalue weighted by Gasteiger charge is -2.51. The minimum absolute atomic E-state index is 0.313. The summed E-state index contributed by atoms with van der Waals surface area (Å²) < 4.78 is 12.9. The van der Waals surface area contributed by atoms with Crippen molar-refractivity contribution in [2.45, 2.75) is 37.6 Å². The van der Waals surface area contributed by atoms with E-state index in [1.165, 1.54) is 0 Å². The van der Waals surface area contributed by atoms with Crippen LogP contribution in [0.5, 0.6) is 0 Å². The topological polar surface area (TPSA) is 114 Å². The molecule has 3 fully saturated rings. The third-order valence-corrected chi connectivity index (χ3v) is 6.46. The highest BCUT2D eigenvalue weighted by Crippen LogP contribution is 2.69. The molecule has 0 unspecified atom stereocenters. The Balaban J connectivity index is 2.01. The van der Waals surface area contributed by atoms with Gasteiger partial charge >= 0.3 is 0 Å². The Morgan fingerprint density at radius 1 is 1.15 bits per heavy atom. The summed E-state index contributed by atoms with van der Waals surface area (Å²) in [6.45, 7) is 0. The summed E-state index contributed by atoms with van der Waals surface area (Å²) >= 11 is 3.41. The van der Waals surface area contributed by atoms with Crippen LogP contribution in [0, 0.1) is 56.2 Å². The molecule has 3 aliphatic rings. The lowest BCUT2D eigenvalue weighted by atomic mass is 9.51. The van der Waals surface area contributed by atoms with Gasteiger partial charge < -0.3 is 9.47 Å². The van der Waals surface area contributed by atoms with Gasteiger partial charge in [0.1, 0.15) is 6.10 Å². The van der Waals surface area contributed by atoms with Gasteiger partial charge in [0.2, 0.25) is 17.1 Å². The zero-order valence-electron chi connectivity index (χ0n) is 13.8. The van der Waals surface area contributed by atoms with Crippen molar-refractivity contribution in [2.24, 2.45) is 16.7 Å². The van der Waals surface area contributed by atoms with Gasteiger partial charge in [-0.3, -0.25) is 5.41 Å². The number of hydrogen-bond acceptors (Lipinski definition) is 6. The highest BCUT2D eigenvalue weighted by Gasteiger charge is 2.80. The van der Waals surface area contributed by atoms with E-state index >= 15 is 0 Å². The van der Waals surface area contributed by atoms with Gasteiger partial charge in [-0.1, -0.05) is 34.5 Å². The normalized spacial score (nSPS) is 36.8. The molecule has 1 aromatic rings. The summed E-state index contributed by atoms with van der Waals surface area (Å²) in [6.07, 6.45) is 1.85. The van der Waals surface area contributed by atoms with Crippen molar-refractivity contribution in [2.75, 3.05) is 0 Å². The molecule has 2 bridgehead atoms. The molecule has 0 radical (unpaired) electrons. The SMILES string of the molecule is N#CC1(C#N)[C@H](c2cccc(Br)c2)O[C@@]23CCCC[C@H]2[C@@]1(C#N)C(=N)O3. The van der Waals surface area contributed by atoms with Crippen LogP contribution in [0.2, 0.25) is 0 Å². The molecule has 26 heavy (non-hydrogen) atoms. The van der Waals surface area contributed by atoms with Crippen LogP contribution in [0.15, 0.2) is 28.7 Å². The van der Waals surface area contributed by atoms with Crippen molar-refractivity contribution in [1.82, 2.24) is 0 Å². The van der Waals surface area contributed by atoms with Crippen LogP contribution >= 0.6 is 15.9 Å². The van der Waals surface area contributed by atoms with E-state index < -0.39 is 28.6 Å². The summed E-state index contributed by atoms with van der Waals surface area (Å²) in [7, 11) is 0. The monoisotopic (exact) mass is 410 g/mol. The van der Waals surface area contributed by atoms with Crippen LogP contribution in [-0.2, 0) is 9.47 Å². The van der Waals surface area contributed by atoms with E-state index in [-0.39, 0.29) is 5.90 Å². The van der Waals surface area contributed by atoms with Gasteiger partial charge in [0, 0.05) is 10.9 Å². The molecule has 0 amide bonds. The molecule has 2 saturated heterocycles. The molecular weight excluding hydrogens is 396 g/mol. The quantitative estimate of drug-likeness (QED) is 0.752. The van der Waals surface area contributed by atoms with E-state index in [0.717, 1.165) is 17.3 Å². The maximum atomic E-state index is 10.2. The average Bonchev–Trinajstić information content (AvgIpc) is 2.86. The molecule has 1 N–H and O–H groups in total. The van der Waals surface area contributed by atoms with Gasteiger partial charge in [0.05, 0.1) is 24.1 Å². The molecule has 0 spiro atoms. The first kappa shape index (κ1) is 17.0. The smallest absolute Gasteiger partial charge is 0.217 e. The van der Waals surface area contributed by atoms with E-state index in [9.17, 15) is 15.8 Å². The largest absolute Gasteiger partial charge is 0.447 e. The highest BCUT2D eigenvalue weighted by atomic mass is 79.9. The first-order chi connectivity index (χ1) is 12.5. The van der Waals surface area contributed by atoms with Crippen LogP contribution < -0.4 is 0 Å². The van der Waals surface area contributed by atoms with Crippen LogP contribution in [0.25, 0.3) is 0 Å². The van der Waals surface area contributed by atoms with Gasteiger partial charge in [-0.05, 0) is 30.5 Å². The average molecular weight is 411 g/mol. The van der Waals surface area contributed by atoms with Gasteiger partial charge in [0.25, 0.3) is 0 Å². The fourth-order valence-corrected chi connectivity index (χ4v) is 5.25. The van der Waals surface area contributed by atoms with Gasteiger partial charge in [0.15, 0.2) is 5.41 Å². The first-order valence-corrected chi connectivity index (χ1v) is 9.24. The summed E-state index contributed by atoms with van der Waals surface area (Å²) in [4.78, 5) is 0. The number of rotatable bonds is 1. The zero-order chi connectivity index (χ0) is 18.6. The molecule has 1 aliphatic carbocycles. The maximum Gasteiger partial charge on any atom is 0.217 e.